The molecule has 0 aliphatic heterocycles. The minimum atomic E-state index is -0.451. The normalized spacial score (nSPS) is 11.6. The first kappa shape index (κ1) is 34.6. The van der Waals surface area contributed by atoms with Crippen molar-refractivity contribution in [2.75, 3.05) is 0 Å². The molecule has 0 aliphatic carbocycles. The molecule has 6 aromatic heterocycles. The summed E-state index contributed by atoms with van der Waals surface area (Å²) in [5, 5.41) is 3.48. The van der Waals surface area contributed by atoms with E-state index < -0.39 is 11.6 Å². The minimum Gasteiger partial charge on any atom is -0.294 e. The molecule has 0 atom stereocenters. The molecule has 12 heteroatoms. The topological polar surface area (TPSA) is 121 Å². The molecule has 6 heterocycles. The highest BCUT2D eigenvalue weighted by Crippen LogP contribution is 2.29. The quantitative estimate of drug-likeness (QED) is 0.159. The lowest BCUT2D eigenvalue weighted by Crippen LogP contribution is -2.22. The predicted molar refractivity (Wildman–Crippen MR) is 219 cm³/mol. The first-order valence-electron chi connectivity index (χ1n) is 18.3. The van der Waals surface area contributed by atoms with E-state index in [1.54, 1.807) is 61.2 Å². The Morgan fingerprint density at radius 3 is 1.84 bits per heavy atom. The van der Waals surface area contributed by atoms with Gasteiger partial charge in [0, 0.05) is 52.3 Å². The summed E-state index contributed by atoms with van der Waals surface area (Å²) in [6, 6.07) is 32.1. The molecule has 58 heavy (non-hydrogen) atoms. The number of halogens is 2. The maximum absolute atomic E-state index is 15.5. The molecule has 0 saturated carbocycles. The van der Waals surface area contributed by atoms with Crippen molar-refractivity contribution >= 4 is 43.7 Å². The second-order valence-corrected chi connectivity index (χ2v) is 14.0. The fourth-order valence-corrected chi connectivity index (χ4v) is 7.22. The van der Waals surface area contributed by atoms with Crippen molar-refractivity contribution in [3.8, 4) is 33.5 Å². The highest BCUT2D eigenvalue weighted by molar-refractivity contribution is 5.89. The van der Waals surface area contributed by atoms with Crippen molar-refractivity contribution in [1.29, 1.82) is 0 Å². The maximum Gasteiger partial charge on any atom is 0.263 e. The van der Waals surface area contributed by atoms with Gasteiger partial charge in [-0.1, -0.05) is 42.5 Å². The molecule has 4 aromatic carbocycles. The van der Waals surface area contributed by atoms with Crippen LogP contribution in [0.5, 0.6) is 0 Å². The zero-order valence-corrected chi connectivity index (χ0v) is 30.4. The van der Waals surface area contributed by atoms with Crippen LogP contribution in [0.2, 0.25) is 0 Å². The van der Waals surface area contributed by atoms with E-state index in [4.69, 9.17) is 0 Å². The molecule has 0 unspecified atom stereocenters. The van der Waals surface area contributed by atoms with E-state index in [-0.39, 0.29) is 29.9 Å². The second kappa shape index (κ2) is 14.0. The molecule has 0 radical (unpaired) electrons. The highest BCUT2D eigenvalue weighted by Gasteiger charge is 2.14. The number of hydrogen-bond acceptors (Lipinski definition) is 8. The van der Waals surface area contributed by atoms with Crippen molar-refractivity contribution in [2.45, 2.75) is 13.1 Å². The fraction of sp³-hybridized carbons (Fsp3) is 0.0435. The van der Waals surface area contributed by atoms with Gasteiger partial charge in [-0.05, 0) is 94.4 Å². The largest absolute Gasteiger partial charge is 0.294 e. The van der Waals surface area contributed by atoms with Gasteiger partial charge in [-0.25, -0.2) is 28.7 Å². The Morgan fingerprint density at radius 2 is 1.12 bits per heavy atom. The Bertz CT molecular complexity index is 3400. The molecule has 0 N–H and O–H groups in total. The molecule has 0 amide bonds. The van der Waals surface area contributed by atoms with Gasteiger partial charge in [0.25, 0.3) is 11.1 Å². The first-order chi connectivity index (χ1) is 28.3. The van der Waals surface area contributed by atoms with Gasteiger partial charge < -0.3 is 0 Å². The molecule has 10 nitrogen and oxygen atoms in total. The van der Waals surface area contributed by atoms with Crippen molar-refractivity contribution in [3.05, 3.63) is 190 Å². The molecule has 278 valence electrons. The van der Waals surface area contributed by atoms with E-state index in [9.17, 15) is 9.59 Å². The average Bonchev–Trinajstić information content (AvgIpc) is 3.26. The molecular weight excluding hydrogens is 735 g/mol. The Labute approximate surface area is 327 Å². The number of aromatic nitrogens is 8. The smallest absolute Gasteiger partial charge is 0.263 e. The van der Waals surface area contributed by atoms with Gasteiger partial charge in [0.15, 0.2) is 11.3 Å². The number of rotatable bonds is 7. The van der Waals surface area contributed by atoms with Gasteiger partial charge in [-0.3, -0.25) is 28.7 Å². The zero-order chi connectivity index (χ0) is 39.3. The number of pyridine rings is 4. The summed E-state index contributed by atoms with van der Waals surface area (Å²) < 4.78 is 33.6. The number of fused-ring (bicyclic) bond motifs is 4. The van der Waals surface area contributed by atoms with Gasteiger partial charge in [0.2, 0.25) is 0 Å². The zero-order valence-electron chi connectivity index (χ0n) is 30.4. The maximum atomic E-state index is 15.5. The number of hydrogen-bond donors (Lipinski definition) is 0. The predicted octanol–water partition coefficient (Wildman–Crippen LogP) is 8.37. The monoisotopic (exact) mass is 762 g/mol. The van der Waals surface area contributed by atoms with Crippen molar-refractivity contribution in [1.82, 2.24) is 39.0 Å². The third kappa shape index (κ3) is 6.32. The number of benzene rings is 4. The van der Waals surface area contributed by atoms with Gasteiger partial charge in [0.1, 0.15) is 24.3 Å². The average molecular weight is 763 g/mol. The molecule has 0 spiro atoms. The van der Waals surface area contributed by atoms with E-state index in [2.05, 4.69) is 29.9 Å². The van der Waals surface area contributed by atoms with E-state index in [0.717, 1.165) is 38.4 Å². The van der Waals surface area contributed by atoms with Crippen LogP contribution in [-0.4, -0.2) is 39.0 Å². The lowest BCUT2D eigenvalue weighted by molar-refractivity contribution is 0.595. The van der Waals surface area contributed by atoms with E-state index in [1.807, 2.05) is 60.7 Å². The Balaban J connectivity index is 0.888. The summed E-state index contributed by atoms with van der Waals surface area (Å²) in [6.07, 6.45) is 9.54. The number of nitrogens with zero attached hydrogens (tertiary/aromatic N) is 8. The van der Waals surface area contributed by atoms with Crippen LogP contribution >= 0.6 is 0 Å². The SMILES string of the molecule is O=c1c2cccnc2ncn1Cc1ccc(-c2ccc3ncc(-c4ccc5c(=O)n(Cc6ccc(-c7ccc8cnccc8c7)cc6F)cnc5n4)cc3c2)cc1F. The van der Waals surface area contributed by atoms with Crippen LogP contribution in [0.1, 0.15) is 11.1 Å². The standard InChI is InChI=1S/C46H28F2N8O2/c47-39-19-29(27-3-6-32-21-49-15-13-31(32)16-27)4-7-34(39)24-56-26-53-44-38(46(56)58)10-12-42(54-44)36-18-35-17-28(9-11-41(35)51-22-36)30-5-8-33(40(48)20-30)23-55-25-52-43-37(45(55)57)2-1-14-50-43/h1-22,25-26H,23-24H2. The lowest BCUT2D eigenvalue weighted by atomic mass is 10.0. The van der Waals surface area contributed by atoms with Gasteiger partial charge >= 0.3 is 0 Å². The molecule has 10 rings (SSSR count). The molecule has 0 aliphatic rings. The van der Waals surface area contributed by atoms with Crippen LogP contribution in [-0.2, 0) is 13.1 Å². The van der Waals surface area contributed by atoms with Crippen molar-refractivity contribution in [2.24, 2.45) is 0 Å². The van der Waals surface area contributed by atoms with Gasteiger partial charge in [-0.15, -0.1) is 0 Å². The third-order valence-electron chi connectivity index (χ3n) is 10.4. The third-order valence-corrected chi connectivity index (χ3v) is 10.4. The van der Waals surface area contributed by atoms with Gasteiger partial charge in [0.05, 0.1) is 35.1 Å². The van der Waals surface area contributed by atoms with Crippen molar-refractivity contribution < 1.29 is 8.78 Å². The molecule has 0 saturated heterocycles. The van der Waals surface area contributed by atoms with E-state index >= 15 is 8.78 Å². The molecule has 0 fully saturated rings. The summed E-state index contributed by atoms with van der Waals surface area (Å²) in [5.74, 6) is -0.874. The minimum absolute atomic E-state index is 0.00244. The van der Waals surface area contributed by atoms with Crippen LogP contribution in [0.4, 0.5) is 8.78 Å². The summed E-state index contributed by atoms with van der Waals surface area (Å²) in [7, 11) is 0. The second-order valence-electron chi connectivity index (χ2n) is 14.0. The molecule has 0 bridgehead atoms. The van der Waals surface area contributed by atoms with Gasteiger partial charge in [-0.2, -0.15) is 0 Å². The van der Waals surface area contributed by atoms with Crippen LogP contribution in [0.15, 0.2) is 156 Å². The fourth-order valence-electron chi connectivity index (χ4n) is 7.22. The summed E-state index contributed by atoms with van der Waals surface area (Å²) in [6.45, 7) is 0.0238. The Morgan fingerprint density at radius 1 is 0.500 bits per heavy atom. The van der Waals surface area contributed by atoms with Crippen molar-refractivity contribution in [3.63, 3.8) is 0 Å². The summed E-state index contributed by atoms with van der Waals surface area (Å²) in [4.78, 5) is 52.8. The molecular formula is C46H28F2N8O2. The van der Waals surface area contributed by atoms with Crippen LogP contribution in [0.3, 0.4) is 0 Å². The van der Waals surface area contributed by atoms with E-state index in [1.165, 1.54) is 33.9 Å². The lowest BCUT2D eigenvalue weighted by Gasteiger charge is -2.11. The van der Waals surface area contributed by atoms with Crippen LogP contribution in [0, 0.1) is 11.6 Å². The summed E-state index contributed by atoms with van der Waals surface area (Å²) >= 11 is 0. The molecule has 10 aromatic rings. The van der Waals surface area contributed by atoms with Crippen LogP contribution in [0.25, 0.3) is 77.3 Å². The first-order valence-corrected chi connectivity index (χ1v) is 18.3. The van der Waals surface area contributed by atoms with Crippen LogP contribution < -0.4 is 11.1 Å². The Hall–Kier alpha value is -7.86. The summed E-state index contributed by atoms with van der Waals surface area (Å²) in [5.41, 5.74) is 5.71. The van der Waals surface area contributed by atoms with E-state index in [0.29, 0.717) is 44.4 Å². The highest BCUT2D eigenvalue weighted by atomic mass is 19.1. The Kier molecular flexibility index (Phi) is 8.37.